The van der Waals surface area contributed by atoms with Crippen LogP contribution in [0, 0.1) is 5.92 Å². The lowest BCUT2D eigenvalue weighted by Gasteiger charge is -2.21. The van der Waals surface area contributed by atoms with Crippen LogP contribution in [0.25, 0.3) is 0 Å². The molecule has 2 rings (SSSR count). The zero-order valence-corrected chi connectivity index (χ0v) is 18.1. The molecule has 1 aliphatic carbocycles. The highest BCUT2D eigenvalue weighted by molar-refractivity contribution is 6.03. The lowest BCUT2D eigenvalue weighted by atomic mass is 9.87. The molecule has 0 amide bonds. The highest BCUT2D eigenvalue weighted by Gasteiger charge is 2.20. The van der Waals surface area contributed by atoms with E-state index in [0.717, 1.165) is 19.3 Å². The van der Waals surface area contributed by atoms with Crippen molar-refractivity contribution < 1.29 is 19.1 Å². The molecule has 1 fully saturated rings. The fraction of sp³-hybridized carbons (Fsp3) is 0.680. The Bertz CT molecular complexity index is 605. The van der Waals surface area contributed by atoms with Crippen molar-refractivity contribution in [1.82, 2.24) is 0 Å². The Kier molecular flexibility index (Phi) is 11.5. The minimum atomic E-state index is -0.434. The predicted molar refractivity (Wildman–Crippen MR) is 116 cm³/mol. The molecule has 0 aliphatic heterocycles. The van der Waals surface area contributed by atoms with Crippen molar-refractivity contribution in [2.24, 2.45) is 5.92 Å². The quantitative estimate of drug-likeness (QED) is 0.271. The van der Waals surface area contributed by atoms with Crippen LogP contribution in [0.2, 0.25) is 0 Å². The molecule has 1 aromatic rings. The van der Waals surface area contributed by atoms with Crippen LogP contribution in [0.3, 0.4) is 0 Å². The van der Waals surface area contributed by atoms with E-state index in [1.54, 1.807) is 24.3 Å². The van der Waals surface area contributed by atoms with E-state index in [2.05, 4.69) is 6.92 Å². The van der Waals surface area contributed by atoms with Crippen molar-refractivity contribution in [2.75, 3.05) is 13.2 Å². The van der Waals surface area contributed by atoms with Crippen LogP contribution in [-0.4, -0.2) is 25.2 Å². The number of carbonyl (C=O) groups excluding carboxylic acids is 2. The number of esters is 2. The topological polar surface area (TPSA) is 52.6 Å². The number of unbranched alkanes of at least 4 members (excludes halogenated alkanes) is 6. The smallest absolute Gasteiger partial charge is 0.339 e. The zero-order chi connectivity index (χ0) is 20.7. The Balaban J connectivity index is 1.71. The van der Waals surface area contributed by atoms with Gasteiger partial charge in [-0.25, -0.2) is 9.59 Å². The lowest BCUT2D eigenvalue weighted by Crippen LogP contribution is -2.16. The van der Waals surface area contributed by atoms with Gasteiger partial charge in [-0.05, 0) is 30.9 Å². The van der Waals surface area contributed by atoms with Crippen molar-refractivity contribution >= 4 is 11.9 Å². The molecule has 0 heterocycles. The lowest BCUT2D eigenvalue weighted by molar-refractivity contribution is 0.0437. The number of hydrogen-bond donors (Lipinski definition) is 0. The van der Waals surface area contributed by atoms with Gasteiger partial charge in [0, 0.05) is 0 Å². The molecule has 1 saturated carbocycles. The molecule has 4 nitrogen and oxygen atoms in total. The summed E-state index contributed by atoms with van der Waals surface area (Å²) in [6, 6.07) is 6.80. The van der Waals surface area contributed by atoms with E-state index >= 15 is 0 Å². The second-order valence-electron chi connectivity index (χ2n) is 8.23. The van der Waals surface area contributed by atoms with Crippen molar-refractivity contribution in [1.29, 1.82) is 0 Å². The van der Waals surface area contributed by atoms with Crippen molar-refractivity contribution in [3.63, 3.8) is 0 Å². The second-order valence-corrected chi connectivity index (χ2v) is 8.23. The van der Waals surface area contributed by atoms with Crippen LogP contribution in [0.15, 0.2) is 24.3 Å². The Labute approximate surface area is 176 Å². The maximum absolute atomic E-state index is 12.5. The van der Waals surface area contributed by atoms with E-state index in [1.807, 2.05) is 0 Å². The molecule has 29 heavy (non-hydrogen) atoms. The molecule has 4 heteroatoms. The van der Waals surface area contributed by atoms with Crippen molar-refractivity contribution in [3.05, 3.63) is 35.4 Å². The van der Waals surface area contributed by atoms with Gasteiger partial charge in [0.2, 0.25) is 0 Å². The summed E-state index contributed by atoms with van der Waals surface area (Å²) in [5.74, 6) is -0.196. The summed E-state index contributed by atoms with van der Waals surface area (Å²) < 4.78 is 10.9. The first-order valence-electron chi connectivity index (χ1n) is 11.7. The van der Waals surface area contributed by atoms with Gasteiger partial charge in [0.1, 0.15) is 0 Å². The Hall–Kier alpha value is -1.84. The maximum Gasteiger partial charge on any atom is 0.339 e. The normalized spacial score (nSPS) is 14.5. The highest BCUT2D eigenvalue weighted by atomic mass is 16.5. The number of rotatable bonds is 13. The molecule has 1 aliphatic rings. The fourth-order valence-electron chi connectivity index (χ4n) is 4.01. The van der Waals surface area contributed by atoms with Gasteiger partial charge in [0.05, 0.1) is 24.3 Å². The van der Waals surface area contributed by atoms with Crippen LogP contribution in [0.5, 0.6) is 0 Å². The number of hydrogen-bond acceptors (Lipinski definition) is 4. The Morgan fingerprint density at radius 3 is 1.97 bits per heavy atom. The molecule has 0 bridgehead atoms. The van der Waals surface area contributed by atoms with Crippen LogP contribution >= 0.6 is 0 Å². The van der Waals surface area contributed by atoms with E-state index < -0.39 is 11.9 Å². The number of benzene rings is 1. The second kappa shape index (κ2) is 14.2. The van der Waals surface area contributed by atoms with Gasteiger partial charge in [-0.2, -0.15) is 0 Å². The van der Waals surface area contributed by atoms with E-state index in [-0.39, 0.29) is 0 Å². The fourth-order valence-corrected chi connectivity index (χ4v) is 4.01. The first-order chi connectivity index (χ1) is 14.2. The highest BCUT2D eigenvalue weighted by Crippen LogP contribution is 2.26. The minimum Gasteiger partial charge on any atom is -0.462 e. The van der Waals surface area contributed by atoms with Gasteiger partial charge < -0.3 is 9.47 Å². The number of carbonyl (C=O) groups is 2. The van der Waals surface area contributed by atoms with Crippen LogP contribution < -0.4 is 0 Å². The summed E-state index contributed by atoms with van der Waals surface area (Å²) in [6.07, 6.45) is 15.5. The summed E-state index contributed by atoms with van der Waals surface area (Å²) in [5.41, 5.74) is 0.610. The van der Waals surface area contributed by atoms with Crippen LogP contribution in [0.4, 0.5) is 0 Å². The van der Waals surface area contributed by atoms with Crippen LogP contribution in [0.1, 0.15) is 111 Å². The average Bonchev–Trinajstić information content (AvgIpc) is 2.76. The summed E-state index contributed by atoms with van der Waals surface area (Å²) >= 11 is 0. The summed E-state index contributed by atoms with van der Waals surface area (Å²) in [4.78, 5) is 24.9. The Morgan fingerprint density at radius 2 is 1.34 bits per heavy atom. The monoisotopic (exact) mass is 402 g/mol. The van der Waals surface area contributed by atoms with Gasteiger partial charge in [-0.1, -0.05) is 89.7 Å². The molecule has 0 unspecified atom stereocenters. The summed E-state index contributed by atoms with van der Waals surface area (Å²) in [7, 11) is 0. The third-order valence-electron chi connectivity index (χ3n) is 5.83. The Morgan fingerprint density at radius 1 is 0.793 bits per heavy atom. The summed E-state index contributed by atoms with van der Waals surface area (Å²) in [6.45, 7) is 3.03. The van der Waals surface area contributed by atoms with Crippen LogP contribution in [-0.2, 0) is 9.47 Å². The molecule has 0 radical (unpaired) electrons. The minimum absolute atomic E-state index is 0.304. The molecule has 0 saturated heterocycles. The molecule has 0 N–H and O–H groups in total. The van der Waals surface area contributed by atoms with Gasteiger partial charge in [-0.3, -0.25) is 0 Å². The largest absolute Gasteiger partial charge is 0.462 e. The van der Waals surface area contributed by atoms with Gasteiger partial charge in [0.15, 0.2) is 0 Å². The van der Waals surface area contributed by atoms with Gasteiger partial charge >= 0.3 is 11.9 Å². The van der Waals surface area contributed by atoms with E-state index in [0.29, 0.717) is 30.3 Å². The number of ether oxygens (including phenoxy) is 2. The predicted octanol–water partition coefficient (Wildman–Crippen LogP) is 6.72. The maximum atomic E-state index is 12.5. The first kappa shape index (κ1) is 23.4. The standard InChI is InChI=1S/C25H38O4/c1-2-3-4-5-6-7-13-19-28-24(26)22-16-11-12-17-23(22)25(27)29-20-18-21-14-9-8-10-15-21/h11-12,16-17,21H,2-10,13-15,18-20H2,1H3. The molecule has 1 aromatic carbocycles. The van der Waals surface area contributed by atoms with Gasteiger partial charge in [0.25, 0.3) is 0 Å². The molecule has 0 spiro atoms. The third-order valence-corrected chi connectivity index (χ3v) is 5.83. The van der Waals surface area contributed by atoms with Crippen molar-refractivity contribution in [3.8, 4) is 0 Å². The van der Waals surface area contributed by atoms with E-state index in [1.165, 1.54) is 64.2 Å². The SMILES string of the molecule is CCCCCCCCCOC(=O)c1ccccc1C(=O)OCCC1CCCCC1. The first-order valence-corrected chi connectivity index (χ1v) is 11.7. The molecule has 0 atom stereocenters. The average molecular weight is 403 g/mol. The molecular formula is C25H38O4. The summed E-state index contributed by atoms with van der Waals surface area (Å²) in [5, 5.41) is 0. The zero-order valence-electron chi connectivity index (χ0n) is 18.1. The molecule has 0 aromatic heterocycles. The molecule has 162 valence electrons. The van der Waals surface area contributed by atoms with E-state index in [4.69, 9.17) is 9.47 Å². The molecular weight excluding hydrogens is 364 g/mol. The van der Waals surface area contributed by atoms with Gasteiger partial charge in [-0.15, -0.1) is 0 Å². The third kappa shape index (κ3) is 9.01. The van der Waals surface area contributed by atoms with E-state index in [9.17, 15) is 9.59 Å². The van der Waals surface area contributed by atoms with Crippen molar-refractivity contribution in [2.45, 2.75) is 90.4 Å².